The highest BCUT2D eigenvalue weighted by Gasteiger charge is 2.34. The van der Waals surface area contributed by atoms with Crippen LogP contribution in [-0.2, 0) is 12.7 Å². The molecule has 1 aliphatic rings. The molecular formula is C15H21F3N2. The van der Waals surface area contributed by atoms with Crippen LogP contribution in [0.3, 0.4) is 0 Å². The van der Waals surface area contributed by atoms with Crippen molar-refractivity contribution in [2.75, 3.05) is 12.8 Å². The summed E-state index contributed by atoms with van der Waals surface area (Å²) in [5, 5.41) is 0. The molecule has 0 amide bonds. The molecule has 1 saturated carbocycles. The number of nitrogen functional groups attached to an aromatic ring is 1. The van der Waals surface area contributed by atoms with Crippen LogP contribution in [0.1, 0.15) is 43.2 Å². The standard InChI is InChI=1S/C15H21F3N2/c1-20(13-5-3-2-4-6-13)10-11-7-8-12(19)9-14(11)15(16,17)18/h7-9,13H,2-6,10,19H2,1H3. The predicted octanol–water partition coefficient (Wildman–Crippen LogP) is 4.05. The highest BCUT2D eigenvalue weighted by atomic mass is 19.4. The average molecular weight is 286 g/mol. The second-order valence-electron chi connectivity index (χ2n) is 5.62. The maximum atomic E-state index is 13.0. The third-order valence-electron chi connectivity index (χ3n) is 4.06. The van der Waals surface area contributed by atoms with Crippen molar-refractivity contribution in [2.45, 2.75) is 50.9 Å². The molecule has 1 fully saturated rings. The van der Waals surface area contributed by atoms with Crippen LogP contribution in [0, 0.1) is 0 Å². The normalized spacial score (nSPS) is 17.6. The Morgan fingerprint density at radius 3 is 2.45 bits per heavy atom. The first-order valence-corrected chi connectivity index (χ1v) is 7.04. The van der Waals surface area contributed by atoms with Crippen LogP contribution in [0.4, 0.5) is 18.9 Å². The number of hydrogen-bond donors (Lipinski definition) is 1. The van der Waals surface area contributed by atoms with Gasteiger partial charge in [-0.1, -0.05) is 25.3 Å². The van der Waals surface area contributed by atoms with E-state index in [0.29, 0.717) is 18.2 Å². The van der Waals surface area contributed by atoms with Crippen LogP contribution in [0.15, 0.2) is 18.2 Å². The number of nitrogens with zero attached hydrogens (tertiary/aromatic N) is 1. The van der Waals surface area contributed by atoms with Crippen LogP contribution in [-0.4, -0.2) is 18.0 Å². The zero-order valence-electron chi connectivity index (χ0n) is 11.7. The summed E-state index contributed by atoms with van der Waals surface area (Å²) in [6.07, 6.45) is 1.38. The molecule has 0 saturated heterocycles. The Morgan fingerprint density at radius 2 is 1.85 bits per heavy atom. The number of hydrogen-bond acceptors (Lipinski definition) is 2. The van der Waals surface area contributed by atoms with Gasteiger partial charge in [-0.3, -0.25) is 4.90 Å². The van der Waals surface area contributed by atoms with Gasteiger partial charge in [-0.05, 0) is 37.6 Å². The Morgan fingerprint density at radius 1 is 1.20 bits per heavy atom. The van der Waals surface area contributed by atoms with Crippen LogP contribution in [0.5, 0.6) is 0 Å². The van der Waals surface area contributed by atoms with Crippen molar-refractivity contribution in [1.29, 1.82) is 0 Å². The van der Waals surface area contributed by atoms with Gasteiger partial charge in [0.05, 0.1) is 5.56 Å². The maximum Gasteiger partial charge on any atom is 0.416 e. The molecule has 2 N–H and O–H groups in total. The summed E-state index contributed by atoms with van der Waals surface area (Å²) in [6.45, 7) is 0.319. The molecule has 0 atom stereocenters. The van der Waals surface area contributed by atoms with E-state index in [1.165, 1.54) is 25.3 Å². The molecule has 1 aliphatic carbocycles. The number of rotatable bonds is 3. The molecule has 0 unspecified atom stereocenters. The lowest BCUT2D eigenvalue weighted by Gasteiger charge is -2.31. The Kier molecular flexibility index (Phi) is 4.58. The molecule has 112 valence electrons. The summed E-state index contributed by atoms with van der Waals surface area (Å²) >= 11 is 0. The maximum absolute atomic E-state index is 13.0. The molecular weight excluding hydrogens is 265 g/mol. The Balaban J connectivity index is 2.16. The van der Waals surface area contributed by atoms with Crippen molar-refractivity contribution >= 4 is 5.69 Å². The minimum Gasteiger partial charge on any atom is -0.399 e. The van der Waals surface area contributed by atoms with Gasteiger partial charge in [0.2, 0.25) is 0 Å². The third-order valence-corrected chi connectivity index (χ3v) is 4.06. The SMILES string of the molecule is CN(Cc1ccc(N)cc1C(F)(F)F)C1CCCCC1. The Bertz CT molecular complexity index is 451. The summed E-state index contributed by atoms with van der Waals surface area (Å²) in [6, 6.07) is 4.46. The molecule has 20 heavy (non-hydrogen) atoms. The van der Waals surface area contributed by atoms with Crippen molar-refractivity contribution < 1.29 is 13.2 Å². The van der Waals surface area contributed by atoms with E-state index in [0.717, 1.165) is 18.9 Å². The van der Waals surface area contributed by atoms with E-state index in [1.807, 2.05) is 11.9 Å². The molecule has 5 heteroatoms. The van der Waals surface area contributed by atoms with Crippen molar-refractivity contribution in [3.05, 3.63) is 29.3 Å². The van der Waals surface area contributed by atoms with Crippen LogP contribution in [0.2, 0.25) is 0 Å². The average Bonchev–Trinajstić information content (AvgIpc) is 2.40. The lowest BCUT2D eigenvalue weighted by molar-refractivity contribution is -0.138. The number of alkyl halides is 3. The van der Waals surface area contributed by atoms with Gasteiger partial charge in [0.1, 0.15) is 0 Å². The molecule has 0 aromatic heterocycles. The molecule has 1 aromatic carbocycles. The number of benzene rings is 1. The molecule has 0 aliphatic heterocycles. The van der Waals surface area contributed by atoms with Crippen molar-refractivity contribution in [1.82, 2.24) is 4.90 Å². The predicted molar refractivity (Wildman–Crippen MR) is 74.2 cm³/mol. The number of nitrogens with two attached hydrogens (primary N) is 1. The zero-order valence-corrected chi connectivity index (χ0v) is 11.7. The Hall–Kier alpha value is -1.23. The fourth-order valence-electron chi connectivity index (χ4n) is 2.92. The quantitative estimate of drug-likeness (QED) is 0.849. The van der Waals surface area contributed by atoms with Crippen molar-refractivity contribution in [3.63, 3.8) is 0 Å². The molecule has 0 spiro atoms. The summed E-state index contributed by atoms with van der Waals surface area (Å²) in [5.41, 5.74) is 5.33. The minimum absolute atomic E-state index is 0.154. The topological polar surface area (TPSA) is 29.3 Å². The van der Waals surface area contributed by atoms with E-state index in [9.17, 15) is 13.2 Å². The summed E-state index contributed by atoms with van der Waals surface area (Å²) < 4.78 is 39.1. The Labute approximate surface area is 117 Å². The van der Waals surface area contributed by atoms with Gasteiger partial charge in [-0.25, -0.2) is 0 Å². The lowest BCUT2D eigenvalue weighted by atomic mass is 9.94. The van der Waals surface area contributed by atoms with E-state index in [4.69, 9.17) is 5.73 Å². The minimum atomic E-state index is -4.35. The van der Waals surface area contributed by atoms with E-state index in [1.54, 1.807) is 6.07 Å². The van der Waals surface area contributed by atoms with E-state index < -0.39 is 11.7 Å². The lowest BCUT2D eigenvalue weighted by Crippen LogP contribution is -2.33. The fraction of sp³-hybridized carbons (Fsp3) is 0.600. The first-order chi connectivity index (χ1) is 9.38. The van der Waals surface area contributed by atoms with Crippen molar-refractivity contribution in [3.8, 4) is 0 Å². The molecule has 1 aromatic rings. The molecule has 0 heterocycles. The van der Waals surface area contributed by atoms with Crippen LogP contribution >= 0.6 is 0 Å². The van der Waals surface area contributed by atoms with Gasteiger partial charge in [-0.2, -0.15) is 13.2 Å². The first-order valence-electron chi connectivity index (χ1n) is 7.04. The fourth-order valence-corrected chi connectivity index (χ4v) is 2.92. The van der Waals surface area contributed by atoms with Gasteiger partial charge < -0.3 is 5.73 Å². The van der Waals surface area contributed by atoms with E-state index >= 15 is 0 Å². The molecule has 2 nitrogen and oxygen atoms in total. The summed E-state index contributed by atoms with van der Waals surface area (Å²) in [7, 11) is 1.91. The highest BCUT2D eigenvalue weighted by molar-refractivity contribution is 5.46. The molecule has 0 bridgehead atoms. The molecule has 0 radical (unpaired) electrons. The number of halogens is 3. The largest absolute Gasteiger partial charge is 0.416 e. The van der Waals surface area contributed by atoms with Gasteiger partial charge in [-0.15, -0.1) is 0 Å². The van der Waals surface area contributed by atoms with Gasteiger partial charge in [0.15, 0.2) is 0 Å². The second kappa shape index (κ2) is 6.04. The first kappa shape index (κ1) is 15.2. The summed E-state index contributed by atoms with van der Waals surface area (Å²) in [5.74, 6) is 0. The van der Waals surface area contributed by atoms with Gasteiger partial charge in [0.25, 0.3) is 0 Å². The number of anilines is 1. The summed E-state index contributed by atoms with van der Waals surface area (Å²) in [4.78, 5) is 2.04. The van der Waals surface area contributed by atoms with Crippen LogP contribution < -0.4 is 5.73 Å². The zero-order chi connectivity index (χ0) is 14.8. The monoisotopic (exact) mass is 286 g/mol. The van der Waals surface area contributed by atoms with Crippen LogP contribution in [0.25, 0.3) is 0 Å². The third kappa shape index (κ3) is 3.66. The van der Waals surface area contributed by atoms with Gasteiger partial charge >= 0.3 is 6.18 Å². The van der Waals surface area contributed by atoms with Crippen molar-refractivity contribution in [2.24, 2.45) is 0 Å². The second-order valence-corrected chi connectivity index (χ2v) is 5.62. The van der Waals surface area contributed by atoms with E-state index in [-0.39, 0.29) is 5.69 Å². The van der Waals surface area contributed by atoms with Gasteiger partial charge in [0, 0.05) is 18.3 Å². The highest BCUT2D eigenvalue weighted by Crippen LogP contribution is 2.34. The molecule has 2 rings (SSSR count). The van der Waals surface area contributed by atoms with E-state index in [2.05, 4.69) is 0 Å². The smallest absolute Gasteiger partial charge is 0.399 e.